The van der Waals surface area contributed by atoms with Crippen LogP contribution in [0.15, 0.2) is 0 Å². The average molecular weight is 269 g/mol. The van der Waals surface area contributed by atoms with Crippen LogP contribution in [-0.4, -0.2) is 41.3 Å². The Hall–Kier alpha value is -0.720. The largest absolute Gasteiger partial charge is 0.379 e. The van der Waals surface area contributed by atoms with Crippen molar-refractivity contribution < 1.29 is 9.47 Å². The van der Waals surface area contributed by atoms with E-state index in [1.807, 2.05) is 0 Å². The molecule has 0 radical (unpaired) electrons. The molecule has 0 spiro atoms. The van der Waals surface area contributed by atoms with Gasteiger partial charge in [0, 0.05) is 30.1 Å². The number of aromatic nitrogens is 2. The van der Waals surface area contributed by atoms with Gasteiger partial charge in [-0.05, 0) is 26.2 Å². The predicted molar refractivity (Wildman–Crippen MR) is 70.1 cm³/mol. The molecule has 1 aliphatic carbocycles. The topological polar surface area (TPSA) is 56.3 Å². The molecule has 2 unspecified atom stereocenters. The summed E-state index contributed by atoms with van der Waals surface area (Å²) >= 11 is 1.45. The lowest BCUT2D eigenvalue weighted by Gasteiger charge is -2.15. The van der Waals surface area contributed by atoms with Crippen LogP contribution in [0.3, 0.4) is 0 Å². The van der Waals surface area contributed by atoms with Gasteiger partial charge in [0.1, 0.15) is 5.82 Å². The average Bonchev–Trinajstić information content (AvgIpc) is 2.90. The zero-order chi connectivity index (χ0) is 12.4. The quantitative estimate of drug-likeness (QED) is 0.856. The highest BCUT2D eigenvalue weighted by Gasteiger charge is 2.28. The first-order chi connectivity index (χ1) is 8.81. The van der Waals surface area contributed by atoms with Gasteiger partial charge in [-0.15, -0.1) is 0 Å². The molecule has 5 nitrogen and oxygen atoms in total. The van der Waals surface area contributed by atoms with E-state index < -0.39 is 0 Å². The van der Waals surface area contributed by atoms with Crippen molar-refractivity contribution in [1.82, 2.24) is 9.36 Å². The molecule has 0 aromatic carbocycles. The van der Waals surface area contributed by atoms with Crippen molar-refractivity contribution in [2.45, 2.75) is 44.2 Å². The van der Waals surface area contributed by atoms with Crippen LogP contribution in [0.1, 0.15) is 37.9 Å². The summed E-state index contributed by atoms with van der Waals surface area (Å²) in [5, 5.41) is 4.26. The number of hydrogen-bond acceptors (Lipinski definition) is 6. The summed E-state index contributed by atoms with van der Waals surface area (Å²) in [4.78, 5) is 4.51. The number of anilines is 1. The van der Waals surface area contributed by atoms with Gasteiger partial charge in [-0.1, -0.05) is 0 Å². The monoisotopic (exact) mass is 269 g/mol. The molecular weight excluding hydrogens is 250 g/mol. The molecule has 1 saturated carbocycles. The van der Waals surface area contributed by atoms with Crippen molar-refractivity contribution in [2.75, 3.05) is 25.1 Å². The van der Waals surface area contributed by atoms with Gasteiger partial charge in [-0.2, -0.15) is 4.37 Å². The van der Waals surface area contributed by atoms with E-state index in [0.29, 0.717) is 12.5 Å². The Morgan fingerprint density at radius 3 is 3.11 bits per heavy atom. The fraction of sp³-hybridized carbons (Fsp3) is 0.833. The highest BCUT2D eigenvalue weighted by molar-refractivity contribution is 7.09. The van der Waals surface area contributed by atoms with Crippen molar-refractivity contribution in [3.63, 3.8) is 0 Å². The summed E-state index contributed by atoms with van der Waals surface area (Å²) < 4.78 is 15.4. The Balaban J connectivity index is 1.42. The van der Waals surface area contributed by atoms with Crippen LogP contribution in [-0.2, 0) is 9.47 Å². The molecule has 1 saturated heterocycles. The Bertz CT molecular complexity index is 388. The molecule has 0 bridgehead atoms. The first-order valence-electron chi connectivity index (χ1n) is 6.61. The Morgan fingerprint density at radius 1 is 1.50 bits per heavy atom. The van der Waals surface area contributed by atoms with Crippen molar-refractivity contribution in [3.05, 3.63) is 5.82 Å². The maximum absolute atomic E-state index is 5.77. The fourth-order valence-electron chi connectivity index (χ4n) is 1.98. The van der Waals surface area contributed by atoms with Crippen LogP contribution >= 0.6 is 11.5 Å². The van der Waals surface area contributed by atoms with Gasteiger partial charge in [0.2, 0.25) is 5.13 Å². The summed E-state index contributed by atoms with van der Waals surface area (Å²) in [6.07, 6.45) is 3.77. The van der Waals surface area contributed by atoms with E-state index in [-0.39, 0.29) is 12.1 Å². The molecule has 1 aromatic rings. The minimum atomic E-state index is 0.255. The lowest BCUT2D eigenvalue weighted by atomic mass is 10.3. The SMILES string of the molecule is CC(COC1CCOC1)Nc1nc(C2CC2)ns1. The molecule has 18 heavy (non-hydrogen) atoms. The van der Waals surface area contributed by atoms with Gasteiger partial charge in [0.25, 0.3) is 0 Å². The van der Waals surface area contributed by atoms with Crippen LogP contribution in [0.5, 0.6) is 0 Å². The third-order valence-electron chi connectivity index (χ3n) is 3.22. The summed E-state index contributed by atoms with van der Waals surface area (Å²) in [5.41, 5.74) is 0. The molecule has 2 fully saturated rings. The summed E-state index contributed by atoms with van der Waals surface area (Å²) in [6.45, 7) is 4.35. The lowest BCUT2D eigenvalue weighted by molar-refractivity contribution is 0.0395. The van der Waals surface area contributed by atoms with E-state index in [1.165, 1.54) is 24.4 Å². The third-order valence-corrected chi connectivity index (χ3v) is 3.88. The van der Waals surface area contributed by atoms with Crippen molar-refractivity contribution in [3.8, 4) is 0 Å². The number of rotatable bonds is 6. The van der Waals surface area contributed by atoms with E-state index in [4.69, 9.17) is 9.47 Å². The summed E-state index contributed by atoms with van der Waals surface area (Å²) in [7, 11) is 0. The molecule has 1 aliphatic heterocycles. The van der Waals surface area contributed by atoms with Crippen LogP contribution in [0.2, 0.25) is 0 Å². The number of ether oxygens (including phenoxy) is 2. The van der Waals surface area contributed by atoms with E-state index in [1.54, 1.807) is 0 Å². The van der Waals surface area contributed by atoms with Crippen molar-refractivity contribution >= 4 is 16.7 Å². The van der Waals surface area contributed by atoms with Gasteiger partial charge in [0.05, 0.1) is 19.3 Å². The Labute approximate surface area is 111 Å². The highest BCUT2D eigenvalue weighted by atomic mass is 32.1. The van der Waals surface area contributed by atoms with Gasteiger partial charge in [-0.3, -0.25) is 0 Å². The van der Waals surface area contributed by atoms with Gasteiger partial charge >= 0.3 is 0 Å². The molecule has 6 heteroatoms. The summed E-state index contributed by atoms with van der Waals surface area (Å²) in [5.74, 6) is 1.64. The molecule has 0 amide bonds. The normalized spacial score (nSPS) is 25.3. The predicted octanol–water partition coefficient (Wildman–Crippen LogP) is 2.02. The van der Waals surface area contributed by atoms with E-state index in [0.717, 1.165) is 30.6 Å². The van der Waals surface area contributed by atoms with E-state index >= 15 is 0 Å². The maximum Gasteiger partial charge on any atom is 0.202 e. The zero-order valence-electron chi connectivity index (χ0n) is 10.6. The number of hydrogen-bond donors (Lipinski definition) is 1. The third kappa shape index (κ3) is 3.18. The van der Waals surface area contributed by atoms with Crippen LogP contribution in [0.4, 0.5) is 5.13 Å². The molecule has 100 valence electrons. The molecular formula is C12H19N3O2S. The van der Waals surface area contributed by atoms with E-state index in [2.05, 4.69) is 21.6 Å². The maximum atomic E-state index is 5.77. The van der Waals surface area contributed by atoms with Crippen LogP contribution < -0.4 is 5.32 Å². The molecule has 2 heterocycles. The van der Waals surface area contributed by atoms with Crippen LogP contribution in [0, 0.1) is 0 Å². The van der Waals surface area contributed by atoms with Crippen molar-refractivity contribution in [2.24, 2.45) is 0 Å². The van der Waals surface area contributed by atoms with Crippen molar-refractivity contribution in [1.29, 1.82) is 0 Å². The molecule has 1 aromatic heterocycles. The fourth-order valence-corrected chi connectivity index (χ4v) is 2.74. The first-order valence-corrected chi connectivity index (χ1v) is 7.38. The highest BCUT2D eigenvalue weighted by Crippen LogP contribution is 2.39. The molecule has 2 aliphatic rings. The smallest absolute Gasteiger partial charge is 0.202 e. The molecule has 3 rings (SSSR count). The number of nitrogens with zero attached hydrogens (tertiary/aromatic N) is 2. The second-order valence-electron chi connectivity index (χ2n) is 5.10. The zero-order valence-corrected chi connectivity index (χ0v) is 11.4. The van der Waals surface area contributed by atoms with Crippen LogP contribution in [0.25, 0.3) is 0 Å². The minimum absolute atomic E-state index is 0.255. The van der Waals surface area contributed by atoms with Gasteiger partial charge in [0.15, 0.2) is 0 Å². The Kier molecular flexibility index (Phi) is 3.77. The number of nitrogens with one attached hydrogen (secondary N) is 1. The Morgan fingerprint density at radius 2 is 2.39 bits per heavy atom. The summed E-state index contributed by atoms with van der Waals surface area (Å²) in [6, 6.07) is 0.255. The second-order valence-corrected chi connectivity index (χ2v) is 5.85. The molecule has 1 N–H and O–H groups in total. The second kappa shape index (κ2) is 5.50. The standard InChI is InChI=1S/C12H19N3O2S/c1-8(6-17-10-4-5-16-7-10)13-12-14-11(15-18-12)9-2-3-9/h8-10H,2-7H2,1H3,(H,13,14,15). The minimum Gasteiger partial charge on any atom is -0.379 e. The first kappa shape index (κ1) is 12.3. The van der Waals surface area contributed by atoms with Gasteiger partial charge in [-0.25, -0.2) is 4.98 Å². The molecule has 2 atom stereocenters. The van der Waals surface area contributed by atoms with E-state index in [9.17, 15) is 0 Å². The van der Waals surface area contributed by atoms with Gasteiger partial charge < -0.3 is 14.8 Å². The lowest BCUT2D eigenvalue weighted by Crippen LogP contribution is -2.25.